The molecule has 102 valence electrons. The van der Waals surface area contributed by atoms with Crippen molar-refractivity contribution in [1.29, 1.82) is 0 Å². The summed E-state index contributed by atoms with van der Waals surface area (Å²) in [4.78, 5) is 0. The summed E-state index contributed by atoms with van der Waals surface area (Å²) in [5.74, 6) is 0.713. The molecular weight excluding hydrogens is 264 g/mol. The van der Waals surface area contributed by atoms with E-state index in [-0.39, 0.29) is 21.7 Å². The Bertz CT molecular complexity index is 247. The number of rotatable bonds is 0. The largest absolute Gasteiger partial charge is 4.00 e. The molecule has 0 aromatic carbocycles. The second-order valence-electron chi connectivity index (χ2n) is 3.74. The molecule has 18 heavy (non-hydrogen) atoms. The van der Waals surface area contributed by atoms with Crippen LogP contribution in [0.4, 0.5) is 0 Å². The molecule has 0 amide bonds. The molecule has 0 radical (unpaired) electrons. The maximum Gasteiger partial charge on any atom is 4.00 e. The minimum atomic E-state index is 0. The molecule has 4 heteroatoms. The smallest absolute Gasteiger partial charge is 0.857 e. The molecule has 0 saturated heterocycles. The van der Waals surface area contributed by atoms with Crippen molar-refractivity contribution in [3.05, 3.63) is 22.8 Å². The van der Waals surface area contributed by atoms with Crippen molar-refractivity contribution >= 4 is 0 Å². The van der Waals surface area contributed by atoms with Gasteiger partial charge in [-0.3, -0.25) is 0 Å². The first-order valence-corrected chi connectivity index (χ1v) is 5.84. The van der Waals surface area contributed by atoms with Crippen molar-refractivity contribution in [3.8, 4) is 0 Å². The Morgan fingerprint density at radius 1 is 0.944 bits per heavy atom. The zero-order chi connectivity index (χ0) is 13.8. The Balaban J connectivity index is -0.000000285. The third kappa shape index (κ3) is 6.86. The Morgan fingerprint density at radius 3 is 1.83 bits per heavy atom. The van der Waals surface area contributed by atoms with E-state index in [1.807, 2.05) is 0 Å². The molecule has 0 fully saturated rings. The molecule has 0 aliphatic heterocycles. The molecule has 0 spiro atoms. The summed E-state index contributed by atoms with van der Waals surface area (Å²) >= 11 is 0. The average molecular weight is 288 g/mol. The van der Waals surface area contributed by atoms with Crippen molar-refractivity contribution in [2.24, 2.45) is 5.92 Å². The van der Waals surface area contributed by atoms with E-state index >= 15 is 0 Å². The minimum absolute atomic E-state index is 0. The monoisotopic (exact) mass is 288 g/mol. The number of hydrogen-bond donors (Lipinski definition) is 0. The van der Waals surface area contributed by atoms with E-state index in [1.165, 1.54) is 31.3 Å². The average Bonchev–Trinajstić information content (AvgIpc) is 2.73. The first-order chi connectivity index (χ1) is 8.29. The van der Waals surface area contributed by atoms with Gasteiger partial charge >= 0.3 is 21.7 Å². The van der Waals surface area contributed by atoms with Gasteiger partial charge in [0, 0.05) is 0 Å². The Morgan fingerprint density at radius 2 is 1.39 bits per heavy atom. The van der Waals surface area contributed by atoms with Crippen LogP contribution in [0.5, 0.6) is 0 Å². The van der Waals surface area contributed by atoms with E-state index < -0.39 is 0 Å². The molecule has 2 rings (SSSR count). The van der Waals surface area contributed by atoms with Crippen LogP contribution in [0.25, 0.3) is 0 Å². The first kappa shape index (κ1) is 23.2. The fraction of sp³-hybridized carbons (Fsp3) is 0.714. The fourth-order valence-electron chi connectivity index (χ4n) is 2.16. The molecule has 0 aromatic heterocycles. The maximum absolute atomic E-state index is 8.25. The summed E-state index contributed by atoms with van der Waals surface area (Å²) in [5.41, 5.74) is 4.69. The molecule has 0 aromatic rings. The Labute approximate surface area is 126 Å². The topological polar surface area (TPSA) is 69.2 Å². The van der Waals surface area contributed by atoms with E-state index in [1.54, 1.807) is 11.1 Å². The summed E-state index contributed by atoms with van der Waals surface area (Å²) in [6, 6.07) is 0. The van der Waals surface area contributed by atoms with Crippen LogP contribution < -0.4 is 15.3 Å². The molecule has 0 saturated carbocycles. The van der Waals surface area contributed by atoms with Crippen molar-refractivity contribution in [1.82, 2.24) is 0 Å². The van der Waals surface area contributed by atoms with Gasteiger partial charge in [-0.1, -0.05) is 45.4 Å². The molecule has 3 nitrogen and oxygen atoms in total. The van der Waals surface area contributed by atoms with Gasteiger partial charge in [0.15, 0.2) is 0 Å². The Kier molecular flexibility index (Phi) is 19.5. The molecule has 0 bridgehead atoms. The van der Waals surface area contributed by atoms with E-state index in [2.05, 4.69) is 19.9 Å². The van der Waals surface area contributed by atoms with Crippen LogP contribution in [0.2, 0.25) is 0 Å². The van der Waals surface area contributed by atoms with Crippen LogP contribution in [0.1, 0.15) is 39.5 Å². The quantitative estimate of drug-likeness (QED) is 0.472. The van der Waals surface area contributed by atoms with Crippen molar-refractivity contribution in [2.45, 2.75) is 39.5 Å². The van der Waals surface area contributed by atoms with Crippen LogP contribution in [0.15, 0.2) is 16.7 Å². The van der Waals surface area contributed by atoms with E-state index in [4.69, 9.17) is 15.3 Å². The predicted molar refractivity (Wildman–Crippen MR) is 64.9 cm³/mol. The van der Waals surface area contributed by atoms with Gasteiger partial charge in [-0.25, -0.2) is 17.2 Å². The zero-order valence-electron chi connectivity index (χ0n) is 12.1. The predicted octanol–water partition coefficient (Wildman–Crippen LogP) is 0.183. The number of hydrogen-bond acceptors (Lipinski definition) is 3. The van der Waals surface area contributed by atoms with Crippen LogP contribution in [-0.4, -0.2) is 21.3 Å². The van der Waals surface area contributed by atoms with Gasteiger partial charge < -0.3 is 15.3 Å². The summed E-state index contributed by atoms with van der Waals surface area (Å²) in [6.07, 6.45) is 8.91. The second-order valence-corrected chi connectivity index (χ2v) is 3.74. The summed E-state index contributed by atoms with van der Waals surface area (Å²) in [6.45, 7) is 4.53. The molecule has 2 aliphatic carbocycles. The molecular formula is C14H24O3Ti. The van der Waals surface area contributed by atoms with Gasteiger partial charge in [0.25, 0.3) is 0 Å². The van der Waals surface area contributed by atoms with Gasteiger partial charge in [-0.2, -0.15) is 26.9 Å². The van der Waals surface area contributed by atoms with E-state index in [9.17, 15) is 0 Å². The summed E-state index contributed by atoms with van der Waals surface area (Å²) in [7, 11) is 2.25. The van der Waals surface area contributed by atoms with Crippen molar-refractivity contribution in [3.63, 3.8) is 0 Å². The van der Waals surface area contributed by atoms with E-state index in [0.29, 0.717) is 5.92 Å². The van der Waals surface area contributed by atoms with Crippen molar-refractivity contribution < 1.29 is 37.0 Å². The molecule has 1 unspecified atom stereocenters. The van der Waals surface area contributed by atoms with Crippen LogP contribution in [0, 0.1) is 12.0 Å². The zero-order valence-corrected chi connectivity index (χ0v) is 13.7. The molecule has 0 N–H and O–H groups in total. The van der Waals surface area contributed by atoms with E-state index in [0.717, 1.165) is 21.3 Å². The second kappa shape index (κ2) is 15.1. The van der Waals surface area contributed by atoms with Gasteiger partial charge in [-0.15, -0.1) is 0 Å². The standard InChI is InChI=1S/C11H15.3CH3O.Ti/c1-8-7-10-5-3-4-6-11(10)9(8)2;3*1-2;/h9H,3-6H2,1-2H3;3*1H3;/q4*-1;+4. The number of allylic oxidation sites excluding steroid dienone is 4. The van der Waals surface area contributed by atoms with Crippen LogP contribution >= 0.6 is 0 Å². The third-order valence-corrected chi connectivity index (χ3v) is 3.03. The third-order valence-electron chi connectivity index (χ3n) is 3.03. The normalized spacial score (nSPS) is 19.6. The van der Waals surface area contributed by atoms with Gasteiger partial charge in [0.05, 0.1) is 0 Å². The van der Waals surface area contributed by atoms with Crippen LogP contribution in [-0.2, 0) is 21.7 Å². The Hall–Kier alpha value is 0.0743. The molecule has 2 aliphatic rings. The minimum Gasteiger partial charge on any atom is -0.857 e. The molecule has 0 heterocycles. The fourth-order valence-corrected chi connectivity index (χ4v) is 2.16. The summed E-state index contributed by atoms with van der Waals surface area (Å²) in [5, 5.41) is 24.8. The molecule has 1 atom stereocenters. The van der Waals surface area contributed by atoms with Gasteiger partial charge in [0.1, 0.15) is 0 Å². The van der Waals surface area contributed by atoms with Gasteiger partial charge in [0.2, 0.25) is 0 Å². The SMILES string of the molecule is CC1=[C-]C2=C(CCCC2)C1C.C[O-].C[O-].C[O-].[Ti+4]. The van der Waals surface area contributed by atoms with Crippen molar-refractivity contribution in [2.75, 3.05) is 21.3 Å². The maximum atomic E-state index is 8.25. The summed E-state index contributed by atoms with van der Waals surface area (Å²) < 4.78 is 0. The van der Waals surface area contributed by atoms with Crippen LogP contribution in [0.3, 0.4) is 0 Å². The first-order valence-electron chi connectivity index (χ1n) is 5.84. The van der Waals surface area contributed by atoms with Gasteiger partial charge in [-0.05, 0) is 0 Å².